The van der Waals surface area contributed by atoms with Gasteiger partial charge in [-0.15, -0.1) is 11.3 Å². The van der Waals surface area contributed by atoms with E-state index in [9.17, 15) is 0 Å². The first-order valence-electron chi connectivity index (χ1n) is 20.1. The summed E-state index contributed by atoms with van der Waals surface area (Å²) in [6.45, 7) is 0. The van der Waals surface area contributed by atoms with E-state index in [1.807, 2.05) is 23.5 Å². The van der Waals surface area contributed by atoms with Gasteiger partial charge in [0.05, 0.1) is 11.1 Å². The van der Waals surface area contributed by atoms with Crippen molar-refractivity contribution in [1.82, 2.24) is 0 Å². The second-order valence-electron chi connectivity index (χ2n) is 15.5. The smallest absolute Gasteiger partial charge is 0.137 e. The highest BCUT2D eigenvalue weighted by Gasteiger charge is 2.51. The molecule has 0 bridgehead atoms. The maximum absolute atomic E-state index is 6.62. The van der Waals surface area contributed by atoms with Gasteiger partial charge in [-0.2, -0.15) is 0 Å². The first-order valence-corrected chi connectivity index (χ1v) is 20.9. The van der Waals surface area contributed by atoms with Gasteiger partial charge in [0.15, 0.2) is 0 Å². The maximum Gasteiger partial charge on any atom is 0.137 e. The lowest BCUT2D eigenvalue weighted by molar-refractivity contribution is 0.436. The molecule has 2 aromatic heterocycles. The lowest BCUT2D eigenvalue weighted by atomic mass is 9.66. The predicted molar refractivity (Wildman–Crippen MR) is 244 cm³/mol. The van der Waals surface area contributed by atoms with E-state index in [0.717, 1.165) is 56.1 Å². The molecule has 2 aliphatic rings. The third-order valence-electron chi connectivity index (χ3n) is 12.5. The molecule has 1 aliphatic heterocycles. The molecule has 0 N–H and O–H groups in total. The SMILES string of the molecule is c1ccc(N(c2ccc3c(c2)oc2ccccc23)c2ccccc2-c2cccc3sc4cc5c(cc4c23)-c2ccccc2C52c3ccccc3Oc3ccccc32)cc1. The molecule has 0 saturated heterocycles. The fourth-order valence-corrected chi connectivity index (χ4v) is 11.3. The Morgan fingerprint density at radius 1 is 0.390 bits per heavy atom. The van der Waals surface area contributed by atoms with Crippen LogP contribution in [-0.4, -0.2) is 0 Å². The molecule has 4 heteroatoms. The van der Waals surface area contributed by atoms with E-state index < -0.39 is 5.41 Å². The van der Waals surface area contributed by atoms with Gasteiger partial charge in [0.1, 0.15) is 22.7 Å². The monoisotopic (exact) mass is 771 g/mol. The quantitative estimate of drug-likeness (QED) is 0.178. The molecule has 0 radical (unpaired) electrons. The Hall–Kier alpha value is -7.40. The van der Waals surface area contributed by atoms with Crippen LogP contribution in [0.2, 0.25) is 0 Å². The van der Waals surface area contributed by atoms with Crippen LogP contribution in [0.15, 0.2) is 205 Å². The summed E-state index contributed by atoms with van der Waals surface area (Å²) in [4.78, 5) is 2.37. The lowest BCUT2D eigenvalue weighted by Crippen LogP contribution is -2.32. The van der Waals surface area contributed by atoms with Crippen LogP contribution in [0.1, 0.15) is 22.3 Å². The second-order valence-corrected chi connectivity index (χ2v) is 16.6. The molecule has 59 heavy (non-hydrogen) atoms. The molecule has 9 aromatic carbocycles. The Balaban J connectivity index is 1.05. The van der Waals surface area contributed by atoms with E-state index in [1.165, 1.54) is 59.1 Å². The van der Waals surface area contributed by atoms with E-state index in [4.69, 9.17) is 9.15 Å². The largest absolute Gasteiger partial charge is 0.457 e. The van der Waals surface area contributed by atoms with Crippen molar-refractivity contribution >= 4 is 70.5 Å². The van der Waals surface area contributed by atoms with Gasteiger partial charge < -0.3 is 14.1 Å². The summed E-state index contributed by atoms with van der Waals surface area (Å²) in [5.74, 6) is 1.82. The van der Waals surface area contributed by atoms with Gasteiger partial charge in [-0.3, -0.25) is 0 Å². The summed E-state index contributed by atoms with van der Waals surface area (Å²) in [7, 11) is 0. The average molecular weight is 772 g/mol. The minimum absolute atomic E-state index is 0.506. The molecule has 1 spiro atoms. The summed E-state index contributed by atoms with van der Waals surface area (Å²) < 4.78 is 15.6. The van der Waals surface area contributed by atoms with Crippen molar-refractivity contribution in [2.24, 2.45) is 0 Å². The number of rotatable bonds is 4. The number of benzene rings is 9. The topological polar surface area (TPSA) is 25.6 Å². The van der Waals surface area contributed by atoms with Crippen molar-refractivity contribution in [2.45, 2.75) is 5.41 Å². The van der Waals surface area contributed by atoms with Gasteiger partial charge in [-0.05, 0) is 94.5 Å². The third-order valence-corrected chi connectivity index (χ3v) is 13.7. The maximum atomic E-state index is 6.62. The van der Waals surface area contributed by atoms with E-state index in [1.54, 1.807) is 0 Å². The summed E-state index contributed by atoms with van der Waals surface area (Å²) in [5, 5.41) is 4.78. The highest BCUT2D eigenvalue weighted by molar-refractivity contribution is 7.26. The second kappa shape index (κ2) is 12.3. The van der Waals surface area contributed by atoms with E-state index in [0.29, 0.717) is 0 Å². The van der Waals surface area contributed by atoms with Crippen molar-refractivity contribution in [3.8, 4) is 33.8 Å². The normalized spacial score (nSPS) is 13.4. The van der Waals surface area contributed by atoms with Crippen molar-refractivity contribution in [3.63, 3.8) is 0 Å². The number of furan rings is 1. The van der Waals surface area contributed by atoms with Gasteiger partial charge in [0, 0.05) is 65.1 Å². The Morgan fingerprint density at radius 3 is 1.88 bits per heavy atom. The molecule has 0 amide bonds. The Bertz CT molecular complexity index is 3460. The number of nitrogens with zero attached hydrogens (tertiary/aromatic N) is 1. The average Bonchev–Trinajstić information content (AvgIpc) is 3.94. The number of hydrogen-bond acceptors (Lipinski definition) is 4. The minimum Gasteiger partial charge on any atom is -0.457 e. The standard InChI is InChI=1S/C55H33NO2S/c1-2-15-34(16-3-1)56(35-29-30-39-38-19-6-11-25-48(38)57-51(39)31-35)47-24-10-5-18-37(47)40-20-14-28-52-54(40)42-32-41-36-17-4-7-21-43(36)55(46(41)33-53(42)59-52)44-22-8-12-26-49(44)58-50-27-13-9-23-45(50)55/h1-33H. The minimum atomic E-state index is -0.506. The first kappa shape index (κ1) is 32.7. The Kier molecular flexibility index (Phi) is 6.81. The molecule has 3 heterocycles. The molecular weight excluding hydrogens is 739 g/mol. The van der Waals surface area contributed by atoms with Crippen LogP contribution in [0.4, 0.5) is 17.1 Å². The molecule has 0 atom stereocenters. The highest BCUT2D eigenvalue weighted by atomic mass is 32.1. The predicted octanol–water partition coefficient (Wildman–Crippen LogP) is 15.6. The molecule has 13 rings (SSSR count). The lowest BCUT2D eigenvalue weighted by Gasteiger charge is -2.39. The van der Waals surface area contributed by atoms with Crippen LogP contribution in [0, 0.1) is 0 Å². The number of anilines is 3. The van der Waals surface area contributed by atoms with Gasteiger partial charge in [-0.25, -0.2) is 0 Å². The molecule has 11 aromatic rings. The molecule has 0 saturated carbocycles. The zero-order valence-electron chi connectivity index (χ0n) is 31.7. The fourth-order valence-electron chi connectivity index (χ4n) is 10.1. The van der Waals surface area contributed by atoms with Crippen molar-refractivity contribution in [2.75, 3.05) is 4.90 Å². The Morgan fingerprint density at radius 2 is 1.05 bits per heavy atom. The number of ether oxygens (including phenoxy) is 1. The van der Waals surface area contributed by atoms with Crippen LogP contribution in [0.3, 0.4) is 0 Å². The van der Waals surface area contributed by atoms with Gasteiger partial charge in [0.25, 0.3) is 0 Å². The third kappa shape index (κ3) is 4.52. The summed E-state index contributed by atoms with van der Waals surface area (Å²) in [6, 6.07) is 72.3. The molecular formula is C55H33NO2S. The number of fused-ring (bicyclic) bond motifs is 15. The van der Waals surface area contributed by atoms with E-state index in [-0.39, 0.29) is 0 Å². The summed E-state index contributed by atoms with van der Waals surface area (Å²) in [6.07, 6.45) is 0. The van der Waals surface area contributed by atoms with E-state index in [2.05, 4.69) is 193 Å². The molecule has 3 nitrogen and oxygen atoms in total. The molecule has 1 aliphatic carbocycles. The molecule has 0 fully saturated rings. The number of hydrogen-bond donors (Lipinski definition) is 0. The molecule has 0 unspecified atom stereocenters. The van der Waals surface area contributed by atoms with Crippen LogP contribution < -0.4 is 9.64 Å². The van der Waals surface area contributed by atoms with Crippen LogP contribution in [0.25, 0.3) is 64.4 Å². The zero-order chi connectivity index (χ0) is 38.7. The van der Waals surface area contributed by atoms with Gasteiger partial charge in [0.2, 0.25) is 0 Å². The van der Waals surface area contributed by atoms with E-state index >= 15 is 0 Å². The summed E-state index contributed by atoms with van der Waals surface area (Å²) >= 11 is 1.88. The van der Waals surface area contributed by atoms with Crippen LogP contribution >= 0.6 is 11.3 Å². The van der Waals surface area contributed by atoms with Crippen LogP contribution in [0.5, 0.6) is 11.5 Å². The zero-order valence-corrected chi connectivity index (χ0v) is 32.5. The van der Waals surface area contributed by atoms with Crippen molar-refractivity contribution < 1.29 is 9.15 Å². The Labute approximate surface area is 344 Å². The highest BCUT2D eigenvalue weighted by Crippen LogP contribution is 2.63. The fraction of sp³-hybridized carbons (Fsp3) is 0.0182. The van der Waals surface area contributed by atoms with Crippen molar-refractivity contribution in [3.05, 3.63) is 222 Å². The van der Waals surface area contributed by atoms with Crippen LogP contribution in [-0.2, 0) is 5.41 Å². The summed E-state index contributed by atoms with van der Waals surface area (Å²) in [5.41, 5.74) is 14.3. The first-order chi connectivity index (χ1) is 29.3. The molecule has 276 valence electrons. The van der Waals surface area contributed by atoms with Gasteiger partial charge in [-0.1, -0.05) is 127 Å². The number of thiophene rings is 1. The number of para-hydroxylation sites is 5. The van der Waals surface area contributed by atoms with Gasteiger partial charge >= 0.3 is 0 Å². The van der Waals surface area contributed by atoms with Crippen molar-refractivity contribution in [1.29, 1.82) is 0 Å².